The number of unbranched alkanes of at least 4 members (excludes halogenated alkanes) is 4. The number of ether oxygens (including phenoxy) is 1. The van der Waals surface area contributed by atoms with E-state index in [1.165, 1.54) is 6.66 Å². The van der Waals surface area contributed by atoms with Crippen molar-refractivity contribution in [1.82, 2.24) is 0 Å². The summed E-state index contributed by atoms with van der Waals surface area (Å²) in [6, 6.07) is 0. The molecular formula is C35H84O13P+. The first-order valence-electron chi connectivity index (χ1n) is 15.0. The number of rotatable bonds is 20. The summed E-state index contributed by atoms with van der Waals surface area (Å²) >= 11 is 0. The molecule has 306 valence electrons. The average Bonchev–Trinajstić information content (AvgIpc) is 3.22. The van der Waals surface area contributed by atoms with Gasteiger partial charge in [-0.05, 0) is 68.8 Å². The molecule has 49 heavy (non-hydrogen) atoms. The molecule has 1 atom stereocenters. The molecule has 0 saturated carbocycles. The Labute approximate surface area is 304 Å². The van der Waals surface area contributed by atoms with Crippen LogP contribution in [-0.4, -0.2) is 74.6 Å². The molecule has 0 spiro atoms. The first-order chi connectivity index (χ1) is 20.3. The molecule has 0 aromatic carbocycles. The van der Waals surface area contributed by atoms with E-state index in [4.69, 9.17) is 19.6 Å². The van der Waals surface area contributed by atoms with Crippen molar-refractivity contribution in [2.24, 2.45) is 0 Å². The standard InChI is InChI=1S/C10H20O5P.C9H18O4.C6H10O2.C3H8O2.7CH4/c1-3-8-13-15-10(11)7-5-4-6-9-14-16(2)12;1-2-8-12-13-9(11)6-4-3-5-7-10;7-6-4-2-1-3-5-8-6;1-2-3-5-4;;;;;;;/h3-9H2,1-2H3;10H,2-8H2,1H3;1-5H2;4H,2-3H2,1H3;7*1H4/q+1;;;;;;;;;;. The second-order valence-corrected chi connectivity index (χ2v) is 10.2. The quantitative estimate of drug-likeness (QED) is 0.0397. The lowest BCUT2D eigenvalue weighted by Crippen LogP contribution is -2.05. The van der Waals surface area contributed by atoms with Crippen molar-refractivity contribution in [2.75, 3.05) is 46.3 Å². The molecule has 0 aromatic heterocycles. The SMILES string of the molecule is C.C.C.C.C.C.C.CCCOO.CCCOOC(=O)CCCCCO.CCCOOC(=O)CCCCCO[P+](C)=O.O=C1CCCCCO1. The molecule has 2 N–H and O–H groups in total. The molecule has 0 bridgehead atoms. The largest absolute Gasteiger partial charge is 0.504 e. The van der Waals surface area contributed by atoms with Gasteiger partial charge in [-0.25, -0.2) is 14.5 Å². The van der Waals surface area contributed by atoms with Gasteiger partial charge in [0.15, 0.2) is 6.66 Å². The molecule has 14 heteroatoms. The highest BCUT2D eigenvalue weighted by Gasteiger charge is 2.07. The van der Waals surface area contributed by atoms with Gasteiger partial charge in [-0.1, -0.05) is 85.6 Å². The Morgan fingerprint density at radius 2 is 1.16 bits per heavy atom. The summed E-state index contributed by atoms with van der Waals surface area (Å²) in [6.45, 7) is 9.95. The van der Waals surface area contributed by atoms with Crippen LogP contribution < -0.4 is 0 Å². The predicted molar refractivity (Wildman–Crippen MR) is 204 cm³/mol. The van der Waals surface area contributed by atoms with E-state index in [-0.39, 0.29) is 76.5 Å². The van der Waals surface area contributed by atoms with Gasteiger partial charge in [0.25, 0.3) is 0 Å². The normalized spacial score (nSPS) is 10.7. The fourth-order valence-electron chi connectivity index (χ4n) is 2.66. The second kappa shape index (κ2) is 64.7. The molecule has 1 heterocycles. The van der Waals surface area contributed by atoms with Crippen molar-refractivity contribution in [3.8, 4) is 0 Å². The zero-order chi connectivity index (χ0) is 32.1. The van der Waals surface area contributed by atoms with Crippen LogP contribution in [0.3, 0.4) is 0 Å². The summed E-state index contributed by atoms with van der Waals surface area (Å²) in [5.41, 5.74) is 0. The third-order valence-electron chi connectivity index (χ3n) is 4.80. The molecule has 0 aromatic rings. The highest BCUT2D eigenvalue weighted by atomic mass is 31.1. The highest BCUT2D eigenvalue weighted by Crippen LogP contribution is 2.16. The minimum absolute atomic E-state index is 0. The van der Waals surface area contributed by atoms with Crippen LogP contribution in [0.4, 0.5) is 0 Å². The molecule has 1 aliphatic rings. The zero-order valence-electron chi connectivity index (χ0n) is 26.2. The van der Waals surface area contributed by atoms with Crippen molar-refractivity contribution in [3.63, 3.8) is 0 Å². The molecule has 1 saturated heterocycles. The van der Waals surface area contributed by atoms with Crippen LogP contribution in [0.1, 0.15) is 169 Å². The van der Waals surface area contributed by atoms with Gasteiger partial charge in [0, 0.05) is 25.9 Å². The number of carbonyl (C=O) groups is 3. The monoisotopic (exact) mass is 744 g/mol. The number of hydrogen-bond donors (Lipinski definition) is 2. The summed E-state index contributed by atoms with van der Waals surface area (Å²) in [6.07, 6.45) is 11.8. The lowest BCUT2D eigenvalue weighted by molar-refractivity contribution is -0.272. The molecule has 0 radical (unpaired) electrons. The van der Waals surface area contributed by atoms with Gasteiger partial charge < -0.3 is 9.84 Å². The number of carbonyl (C=O) groups excluding carboxylic acids is 3. The second-order valence-electron chi connectivity index (χ2n) is 9.04. The van der Waals surface area contributed by atoms with Gasteiger partial charge in [-0.15, -0.1) is 4.52 Å². The van der Waals surface area contributed by atoms with Crippen molar-refractivity contribution >= 4 is 25.9 Å². The smallest absolute Gasteiger partial charge is 0.466 e. The van der Waals surface area contributed by atoms with Crippen molar-refractivity contribution in [3.05, 3.63) is 0 Å². The van der Waals surface area contributed by atoms with Gasteiger partial charge in [-0.2, -0.15) is 9.78 Å². The van der Waals surface area contributed by atoms with Crippen LogP contribution in [-0.2, 0) is 52.6 Å². The molecule has 1 unspecified atom stereocenters. The zero-order valence-corrected chi connectivity index (χ0v) is 27.1. The number of hydrogen-bond acceptors (Lipinski definition) is 13. The minimum Gasteiger partial charge on any atom is -0.466 e. The van der Waals surface area contributed by atoms with Crippen LogP contribution in [0.15, 0.2) is 0 Å². The lowest BCUT2D eigenvalue weighted by Gasteiger charge is -2.01. The number of aliphatic hydroxyl groups excluding tert-OH is 1. The van der Waals surface area contributed by atoms with E-state index in [2.05, 4.69) is 24.4 Å². The third-order valence-corrected chi connectivity index (χ3v) is 5.35. The van der Waals surface area contributed by atoms with E-state index in [0.29, 0.717) is 52.3 Å². The molecular weight excluding hydrogens is 659 g/mol. The van der Waals surface area contributed by atoms with Crippen molar-refractivity contribution in [1.29, 1.82) is 0 Å². The Balaban J connectivity index is -0.0000000524. The fraction of sp³-hybridized carbons (Fsp3) is 0.914. The van der Waals surface area contributed by atoms with Crippen LogP contribution >= 0.6 is 8.03 Å². The maximum Gasteiger partial charge on any atom is 0.504 e. The van der Waals surface area contributed by atoms with Crippen LogP contribution in [0.25, 0.3) is 0 Å². The maximum absolute atomic E-state index is 11.0. The molecule has 13 nitrogen and oxygen atoms in total. The number of cyclic esters (lactones) is 1. The van der Waals surface area contributed by atoms with E-state index in [9.17, 15) is 18.9 Å². The maximum atomic E-state index is 11.0. The lowest BCUT2D eigenvalue weighted by atomic mass is 10.2. The van der Waals surface area contributed by atoms with Gasteiger partial charge in [0.2, 0.25) is 0 Å². The first-order valence-corrected chi connectivity index (χ1v) is 16.6. The number of aliphatic hydroxyl groups is 1. The topological polar surface area (TPSA) is 173 Å². The number of esters is 1. The molecule has 1 aliphatic heterocycles. The molecule has 0 aliphatic carbocycles. The fourth-order valence-corrected chi connectivity index (χ4v) is 3.05. The van der Waals surface area contributed by atoms with Gasteiger partial charge in [-0.3, -0.25) is 19.8 Å². The van der Waals surface area contributed by atoms with Gasteiger partial charge in [0.05, 0.1) is 26.4 Å². The molecule has 0 amide bonds. The Hall–Kier alpha value is -1.73. The first kappa shape index (κ1) is 72.9. The van der Waals surface area contributed by atoms with Crippen LogP contribution in [0, 0.1) is 0 Å². The van der Waals surface area contributed by atoms with E-state index in [0.717, 1.165) is 77.0 Å². The third kappa shape index (κ3) is 77.2. The molecule has 1 fully saturated rings. The van der Waals surface area contributed by atoms with E-state index >= 15 is 0 Å². The van der Waals surface area contributed by atoms with E-state index < -0.39 is 8.03 Å². The summed E-state index contributed by atoms with van der Waals surface area (Å²) in [4.78, 5) is 54.3. The molecule has 1 rings (SSSR count). The summed E-state index contributed by atoms with van der Waals surface area (Å²) in [5, 5.41) is 16.0. The van der Waals surface area contributed by atoms with Crippen LogP contribution in [0.2, 0.25) is 0 Å². The summed E-state index contributed by atoms with van der Waals surface area (Å²) in [7, 11) is -1.51. The van der Waals surface area contributed by atoms with Gasteiger partial charge in [0.1, 0.15) is 6.61 Å². The summed E-state index contributed by atoms with van der Waals surface area (Å²) in [5.74, 6) is -0.690. The Morgan fingerprint density at radius 3 is 1.55 bits per heavy atom. The van der Waals surface area contributed by atoms with E-state index in [1.807, 2.05) is 20.8 Å². The van der Waals surface area contributed by atoms with E-state index in [1.54, 1.807) is 0 Å². The summed E-state index contributed by atoms with van der Waals surface area (Å²) < 4.78 is 20.2. The predicted octanol–water partition coefficient (Wildman–Crippen LogP) is 10.7. The average molecular weight is 744 g/mol. The Bertz CT molecular complexity index is 612. The Kier molecular flexibility index (Phi) is 96.3. The van der Waals surface area contributed by atoms with Gasteiger partial charge >= 0.3 is 25.9 Å². The Morgan fingerprint density at radius 1 is 0.694 bits per heavy atom. The minimum atomic E-state index is -1.51. The van der Waals surface area contributed by atoms with Crippen molar-refractivity contribution in [2.45, 2.75) is 169 Å². The highest BCUT2D eigenvalue weighted by molar-refractivity contribution is 7.38. The van der Waals surface area contributed by atoms with Crippen molar-refractivity contribution < 1.29 is 63.0 Å². The van der Waals surface area contributed by atoms with Crippen LogP contribution in [0.5, 0.6) is 0 Å².